The fraction of sp³-hybridized carbons (Fsp3) is 0.143. The molecular weight excluding hydrogens is 428 g/mol. The molecule has 1 atom stereocenters. The van der Waals surface area contributed by atoms with Gasteiger partial charge < -0.3 is 10.6 Å². The van der Waals surface area contributed by atoms with Gasteiger partial charge in [-0.15, -0.1) is 11.8 Å². The van der Waals surface area contributed by atoms with Crippen molar-refractivity contribution in [1.82, 2.24) is 0 Å². The van der Waals surface area contributed by atoms with Gasteiger partial charge in [-0.2, -0.15) is 0 Å². The van der Waals surface area contributed by atoms with Gasteiger partial charge in [0.2, 0.25) is 5.91 Å². The molecule has 0 aliphatic rings. The Morgan fingerprint density at radius 3 is 2.27 bits per heavy atom. The van der Waals surface area contributed by atoms with Gasteiger partial charge in [-0.25, -0.2) is 0 Å². The maximum Gasteiger partial charge on any atom is 0.255 e. The molecule has 4 nitrogen and oxygen atoms in total. The largest absolute Gasteiger partial charge is 0.325 e. The Morgan fingerprint density at radius 2 is 1.52 bits per heavy atom. The van der Waals surface area contributed by atoms with E-state index in [4.69, 9.17) is 0 Å². The van der Waals surface area contributed by atoms with Crippen LogP contribution in [0.3, 0.4) is 0 Å². The molecule has 0 bridgehead atoms. The molecule has 4 rings (SSSR count). The minimum Gasteiger partial charge on any atom is -0.325 e. The van der Waals surface area contributed by atoms with Gasteiger partial charge in [0.05, 0.1) is 5.25 Å². The molecule has 0 heterocycles. The molecule has 33 heavy (non-hydrogen) atoms. The number of aryl methyl sites for hydroxylation is 1. The number of amides is 2. The minimum atomic E-state index is -0.250. The summed E-state index contributed by atoms with van der Waals surface area (Å²) in [7, 11) is 0. The standard InChI is InChI=1S/C28H26N2O2S/c1-3-26(28(32)30-24-16-15-20-7-4-5-8-22(20)17-24)33-25-10-6-9-23(18-25)29-27(31)21-13-11-19(2)12-14-21/h4-18,26H,3H2,1-2H3,(H,29,31)(H,30,32). The van der Waals surface area contributed by atoms with E-state index in [9.17, 15) is 9.59 Å². The van der Waals surface area contributed by atoms with Crippen molar-refractivity contribution < 1.29 is 9.59 Å². The van der Waals surface area contributed by atoms with E-state index in [0.717, 1.165) is 26.9 Å². The Hall–Kier alpha value is -3.57. The fourth-order valence-corrected chi connectivity index (χ4v) is 4.55. The summed E-state index contributed by atoms with van der Waals surface area (Å²) < 4.78 is 0. The molecule has 0 radical (unpaired) electrons. The molecule has 0 aliphatic heterocycles. The van der Waals surface area contributed by atoms with Crippen LogP contribution >= 0.6 is 11.8 Å². The Kier molecular flexibility index (Phi) is 7.10. The van der Waals surface area contributed by atoms with Crippen LogP contribution in [0.5, 0.6) is 0 Å². The second-order valence-electron chi connectivity index (χ2n) is 7.91. The topological polar surface area (TPSA) is 58.2 Å². The van der Waals surface area contributed by atoms with E-state index in [2.05, 4.69) is 16.7 Å². The zero-order valence-electron chi connectivity index (χ0n) is 18.7. The highest BCUT2D eigenvalue weighted by atomic mass is 32.2. The van der Waals surface area contributed by atoms with E-state index in [1.807, 2.05) is 98.8 Å². The highest BCUT2D eigenvalue weighted by molar-refractivity contribution is 8.00. The summed E-state index contributed by atoms with van der Waals surface area (Å²) in [5, 5.41) is 7.97. The first-order valence-corrected chi connectivity index (χ1v) is 11.8. The first-order chi connectivity index (χ1) is 16.0. The number of fused-ring (bicyclic) bond motifs is 1. The predicted octanol–water partition coefficient (Wildman–Crippen LogP) is 6.91. The molecule has 4 aromatic rings. The Bertz CT molecular complexity index is 1280. The summed E-state index contributed by atoms with van der Waals surface area (Å²) in [6, 6.07) is 29.1. The Labute approximate surface area is 198 Å². The number of nitrogens with one attached hydrogen (secondary N) is 2. The number of carbonyl (C=O) groups excluding carboxylic acids is 2. The Balaban J connectivity index is 1.42. The van der Waals surface area contributed by atoms with Crippen molar-refractivity contribution in [3.05, 3.63) is 102 Å². The van der Waals surface area contributed by atoms with Crippen molar-refractivity contribution in [2.75, 3.05) is 10.6 Å². The predicted molar refractivity (Wildman–Crippen MR) is 138 cm³/mol. The highest BCUT2D eigenvalue weighted by Crippen LogP contribution is 2.29. The summed E-state index contributed by atoms with van der Waals surface area (Å²) in [5.74, 6) is -0.190. The van der Waals surface area contributed by atoms with Crippen LogP contribution in [0.2, 0.25) is 0 Å². The average Bonchev–Trinajstić information content (AvgIpc) is 2.83. The van der Waals surface area contributed by atoms with Gasteiger partial charge in [0.25, 0.3) is 5.91 Å². The first kappa shape index (κ1) is 22.6. The van der Waals surface area contributed by atoms with Crippen LogP contribution in [0.1, 0.15) is 29.3 Å². The van der Waals surface area contributed by atoms with Crippen LogP contribution in [-0.2, 0) is 4.79 Å². The second kappa shape index (κ2) is 10.4. The Morgan fingerprint density at radius 1 is 0.788 bits per heavy atom. The maximum atomic E-state index is 13.0. The average molecular weight is 455 g/mol. The summed E-state index contributed by atoms with van der Waals surface area (Å²) in [6.07, 6.45) is 0.685. The van der Waals surface area contributed by atoms with Gasteiger partial charge in [-0.1, -0.05) is 61.0 Å². The number of hydrogen-bond acceptors (Lipinski definition) is 3. The quantitative estimate of drug-likeness (QED) is 0.298. The minimum absolute atomic E-state index is 0.0353. The van der Waals surface area contributed by atoms with Crippen molar-refractivity contribution in [2.45, 2.75) is 30.4 Å². The van der Waals surface area contributed by atoms with Crippen molar-refractivity contribution in [3.63, 3.8) is 0 Å². The zero-order valence-corrected chi connectivity index (χ0v) is 19.5. The molecule has 5 heteroatoms. The molecular formula is C28H26N2O2S. The number of rotatable bonds is 7. The maximum absolute atomic E-state index is 13.0. The zero-order chi connectivity index (χ0) is 23.2. The summed E-state index contributed by atoms with van der Waals surface area (Å²) in [4.78, 5) is 26.4. The monoisotopic (exact) mass is 454 g/mol. The molecule has 0 saturated carbocycles. The van der Waals surface area contributed by atoms with Gasteiger partial charge in [-0.05, 0) is 66.6 Å². The first-order valence-electron chi connectivity index (χ1n) is 11.0. The number of thioether (sulfide) groups is 1. The van der Waals surface area contributed by atoms with Crippen LogP contribution in [0.25, 0.3) is 10.8 Å². The van der Waals surface area contributed by atoms with E-state index < -0.39 is 0 Å². The lowest BCUT2D eigenvalue weighted by Gasteiger charge is -2.16. The number of hydrogen-bond donors (Lipinski definition) is 2. The number of carbonyl (C=O) groups is 2. The van der Waals surface area contributed by atoms with Crippen molar-refractivity contribution >= 4 is 45.7 Å². The number of anilines is 2. The molecule has 0 aliphatic carbocycles. The van der Waals surface area contributed by atoms with E-state index >= 15 is 0 Å². The van der Waals surface area contributed by atoms with E-state index in [1.54, 1.807) is 0 Å². The van der Waals surface area contributed by atoms with Gasteiger partial charge in [0.1, 0.15) is 0 Å². The smallest absolute Gasteiger partial charge is 0.255 e. The molecule has 1 unspecified atom stereocenters. The lowest BCUT2D eigenvalue weighted by atomic mass is 10.1. The van der Waals surface area contributed by atoms with Crippen LogP contribution in [0.15, 0.2) is 95.9 Å². The SMILES string of the molecule is CCC(Sc1cccc(NC(=O)c2ccc(C)cc2)c1)C(=O)Nc1ccc2ccccc2c1. The van der Waals surface area contributed by atoms with Crippen molar-refractivity contribution in [2.24, 2.45) is 0 Å². The van der Waals surface area contributed by atoms with Crippen LogP contribution in [0, 0.1) is 6.92 Å². The summed E-state index contributed by atoms with van der Waals surface area (Å²) in [5.41, 5.74) is 3.21. The highest BCUT2D eigenvalue weighted by Gasteiger charge is 2.18. The van der Waals surface area contributed by atoms with Gasteiger partial charge in [-0.3, -0.25) is 9.59 Å². The molecule has 4 aromatic carbocycles. The molecule has 166 valence electrons. The number of benzene rings is 4. The molecule has 2 N–H and O–H groups in total. The molecule has 0 saturated heterocycles. The third-order valence-corrected chi connectivity index (χ3v) is 6.72. The third-order valence-electron chi connectivity index (χ3n) is 5.36. The molecule has 0 spiro atoms. The molecule has 2 amide bonds. The van der Waals surface area contributed by atoms with Gasteiger partial charge >= 0.3 is 0 Å². The second-order valence-corrected chi connectivity index (χ2v) is 9.19. The van der Waals surface area contributed by atoms with Crippen LogP contribution < -0.4 is 10.6 Å². The van der Waals surface area contributed by atoms with Crippen molar-refractivity contribution in [1.29, 1.82) is 0 Å². The van der Waals surface area contributed by atoms with Gasteiger partial charge in [0, 0.05) is 21.8 Å². The van der Waals surface area contributed by atoms with Crippen molar-refractivity contribution in [3.8, 4) is 0 Å². The lowest BCUT2D eigenvalue weighted by Crippen LogP contribution is -2.24. The summed E-state index contributed by atoms with van der Waals surface area (Å²) in [6.45, 7) is 3.99. The molecule has 0 fully saturated rings. The molecule has 0 aromatic heterocycles. The summed E-state index contributed by atoms with van der Waals surface area (Å²) >= 11 is 1.50. The van der Waals surface area contributed by atoms with E-state index in [0.29, 0.717) is 17.7 Å². The third kappa shape index (κ3) is 5.82. The lowest BCUT2D eigenvalue weighted by molar-refractivity contribution is -0.115. The van der Waals surface area contributed by atoms with Crippen LogP contribution in [0.4, 0.5) is 11.4 Å². The normalized spacial score (nSPS) is 11.7. The van der Waals surface area contributed by atoms with Gasteiger partial charge in [0.15, 0.2) is 0 Å². The van der Waals surface area contributed by atoms with Crippen LogP contribution in [-0.4, -0.2) is 17.1 Å². The van der Waals surface area contributed by atoms with E-state index in [1.165, 1.54) is 11.8 Å². The fourth-order valence-electron chi connectivity index (χ4n) is 3.53. The van der Waals surface area contributed by atoms with E-state index in [-0.39, 0.29) is 17.1 Å².